The van der Waals surface area contributed by atoms with Crippen molar-refractivity contribution in [1.29, 1.82) is 0 Å². The molecule has 22 heavy (non-hydrogen) atoms. The summed E-state index contributed by atoms with van der Waals surface area (Å²) in [6, 6.07) is -1.38. The number of carbonyl (C=O) groups is 4. The number of urea groups is 1. The summed E-state index contributed by atoms with van der Waals surface area (Å²) in [5.41, 5.74) is 5.23. The Bertz CT molecular complexity index is 641. The molecule has 0 saturated carbocycles. The number of amidine groups is 2. The van der Waals surface area contributed by atoms with Gasteiger partial charge in [0.05, 0.1) is 5.75 Å². The van der Waals surface area contributed by atoms with Crippen molar-refractivity contribution in [3.63, 3.8) is 0 Å². The van der Waals surface area contributed by atoms with Crippen LogP contribution in [0.5, 0.6) is 0 Å². The van der Waals surface area contributed by atoms with Crippen LogP contribution < -0.4 is 5.73 Å². The summed E-state index contributed by atoms with van der Waals surface area (Å²) in [7, 11) is 2.86. The Kier molecular flexibility index (Phi) is 4.31. The molecule has 2 aliphatic rings. The number of hydrogen-bond acceptors (Lipinski definition) is 6. The lowest BCUT2D eigenvalue weighted by Gasteiger charge is -2.30. The average molecular weight is 326 g/mol. The van der Waals surface area contributed by atoms with Gasteiger partial charge >= 0.3 is 11.2 Å². The van der Waals surface area contributed by atoms with E-state index in [0.717, 1.165) is 16.7 Å². The fourth-order valence-electron chi connectivity index (χ4n) is 2.18. The summed E-state index contributed by atoms with van der Waals surface area (Å²) in [5, 5.41) is 0.331. The van der Waals surface area contributed by atoms with Crippen LogP contribution in [0.1, 0.15) is 6.92 Å². The van der Waals surface area contributed by atoms with Crippen molar-refractivity contribution in [2.75, 3.05) is 26.4 Å². The van der Waals surface area contributed by atoms with Gasteiger partial charge in [0.2, 0.25) is 0 Å². The Morgan fingerprint density at radius 2 is 1.95 bits per heavy atom. The van der Waals surface area contributed by atoms with Gasteiger partial charge in [0, 0.05) is 14.1 Å². The minimum Gasteiger partial charge on any atom is -0.366 e. The number of ketones is 1. The second-order valence-corrected chi connectivity index (χ2v) is 5.92. The Morgan fingerprint density at radius 3 is 2.50 bits per heavy atom. The van der Waals surface area contributed by atoms with Crippen LogP contribution in [0, 0.1) is 0 Å². The van der Waals surface area contributed by atoms with Crippen LogP contribution in [0.4, 0.5) is 4.79 Å². The van der Waals surface area contributed by atoms with Crippen molar-refractivity contribution < 1.29 is 23.8 Å². The van der Waals surface area contributed by atoms with Gasteiger partial charge in [-0.2, -0.15) is 0 Å². The molecule has 0 aromatic rings. The van der Waals surface area contributed by atoms with E-state index in [4.69, 9.17) is 5.73 Å². The van der Waals surface area contributed by atoms with Crippen LogP contribution in [0.15, 0.2) is 4.99 Å². The fourth-order valence-corrected chi connectivity index (χ4v) is 3.01. The number of fused-ring (bicyclic) bond motifs is 1. The molecule has 4 amide bonds. The molecule has 0 aromatic heterocycles. The molecule has 9 nitrogen and oxygen atoms in total. The fraction of sp³-hybridized carbons (Fsp3) is 0.500. The number of thioether (sulfide) groups is 1. The van der Waals surface area contributed by atoms with Gasteiger partial charge in [0.1, 0.15) is 5.78 Å². The summed E-state index contributed by atoms with van der Waals surface area (Å²) < 4.78 is 1.42. The van der Waals surface area contributed by atoms with E-state index in [1.807, 2.05) is 0 Å². The molecule has 1 atom stereocenters. The van der Waals surface area contributed by atoms with E-state index in [1.165, 1.54) is 30.5 Å². The number of imide groups is 1. The van der Waals surface area contributed by atoms with Crippen LogP contribution >= 0.6 is 11.8 Å². The number of nitrogens with two attached hydrogens (primary N) is 1. The number of likely N-dealkylation sites (N-methyl/N-ethyl adjacent to an activating group) is 2. The Labute approximate surface area is 130 Å². The molecule has 1 unspecified atom stereocenters. The minimum absolute atomic E-state index is 0.0699. The third kappa shape index (κ3) is 2.73. The van der Waals surface area contributed by atoms with Gasteiger partial charge in [-0.05, 0) is 23.7 Å². The van der Waals surface area contributed by atoms with Gasteiger partial charge < -0.3 is 5.73 Å². The molecular formula is C12H16N5O4S+. The molecule has 2 aliphatic heterocycles. The first-order valence-corrected chi connectivity index (χ1v) is 7.40. The number of Topliss-reactive ketones (excluding diaryl/α,β-unsaturated/α-hetero) is 1. The molecule has 0 aromatic carbocycles. The van der Waals surface area contributed by atoms with Crippen molar-refractivity contribution in [2.24, 2.45) is 10.7 Å². The zero-order valence-corrected chi connectivity index (χ0v) is 13.2. The number of rotatable bonds is 4. The van der Waals surface area contributed by atoms with Gasteiger partial charge in [-0.25, -0.2) is 9.37 Å². The minimum atomic E-state index is -0.880. The molecule has 2 N–H and O–H groups in total. The van der Waals surface area contributed by atoms with Gasteiger partial charge in [-0.3, -0.25) is 24.2 Å². The summed E-state index contributed by atoms with van der Waals surface area (Å²) in [6.45, 7) is 1.20. The molecule has 1 fully saturated rings. The zero-order valence-electron chi connectivity index (χ0n) is 12.4. The number of nitrogens with zero attached hydrogens (tertiary/aromatic N) is 4. The van der Waals surface area contributed by atoms with E-state index < -0.39 is 23.9 Å². The quantitative estimate of drug-likeness (QED) is 0.629. The second-order valence-electron chi connectivity index (χ2n) is 4.98. The molecule has 0 radical (unpaired) electrons. The molecule has 0 bridgehead atoms. The summed E-state index contributed by atoms with van der Waals surface area (Å²) >= 11 is 1.10. The smallest absolute Gasteiger partial charge is 0.358 e. The SMILES string of the molecule is CC(=O)CSC1=[N+](CC(N)=O)C2C(=O)N(C)C(=O)N(C)C2=N1. The first-order valence-electron chi connectivity index (χ1n) is 6.42. The van der Waals surface area contributed by atoms with Crippen LogP contribution in [0.2, 0.25) is 0 Å². The normalized spacial score (nSPS) is 21.2. The number of primary amides is 1. The molecule has 0 aliphatic carbocycles. The first-order chi connectivity index (χ1) is 10.2. The Morgan fingerprint density at radius 1 is 1.32 bits per heavy atom. The van der Waals surface area contributed by atoms with E-state index >= 15 is 0 Å². The van der Waals surface area contributed by atoms with Gasteiger partial charge in [-0.15, -0.1) is 0 Å². The van der Waals surface area contributed by atoms with E-state index in [0.29, 0.717) is 5.17 Å². The maximum atomic E-state index is 12.4. The van der Waals surface area contributed by atoms with E-state index in [1.54, 1.807) is 0 Å². The van der Waals surface area contributed by atoms with E-state index in [9.17, 15) is 19.2 Å². The largest absolute Gasteiger partial charge is 0.366 e. The van der Waals surface area contributed by atoms with Crippen molar-refractivity contribution in [2.45, 2.75) is 13.0 Å². The predicted octanol–water partition coefficient (Wildman–Crippen LogP) is -1.53. The third-order valence-electron chi connectivity index (χ3n) is 3.22. The zero-order chi connectivity index (χ0) is 16.6. The van der Waals surface area contributed by atoms with E-state index in [-0.39, 0.29) is 23.9 Å². The summed E-state index contributed by atoms with van der Waals surface area (Å²) in [6.07, 6.45) is 0. The first kappa shape index (κ1) is 16.1. The maximum Gasteiger partial charge on any atom is 0.358 e. The highest BCUT2D eigenvalue weighted by molar-refractivity contribution is 8.14. The van der Waals surface area contributed by atoms with Crippen molar-refractivity contribution in [3.05, 3.63) is 0 Å². The summed E-state index contributed by atoms with van der Waals surface area (Å²) in [5.74, 6) is -0.802. The maximum absolute atomic E-state index is 12.4. The van der Waals surface area contributed by atoms with Crippen LogP contribution in [-0.4, -0.2) is 81.4 Å². The molecule has 2 rings (SSSR count). The number of hydrogen-bond donors (Lipinski definition) is 1. The van der Waals surface area contributed by atoms with Crippen LogP contribution in [0.25, 0.3) is 0 Å². The van der Waals surface area contributed by atoms with E-state index in [2.05, 4.69) is 4.99 Å². The highest BCUT2D eigenvalue weighted by Gasteiger charge is 2.53. The Hall–Kier alpha value is -2.23. The second kappa shape index (κ2) is 5.87. The molecule has 10 heteroatoms. The topological polar surface area (TPSA) is 116 Å². The van der Waals surface area contributed by atoms with Crippen molar-refractivity contribution in [3.8, 4) is 0 Å². The van der Waals surface area contributed by atoms with Crippen molar-refractivity contribution in [1.82, 2.24) is 9.80 Å². The van der Waals surface area contributed by atoms with Gasteiger partial charge in [-0.1, -0.05) is 0 Å². The predicted molar refractivity (Wildman–Crippen MR) is 79.6 cm³/mol. The molecule has 1 saturated heterocycles. The van der Waals surface area contributed by atoms with Gasteiger partial charge in [0.25, 0.3) is 23.7 Å². The lowest BCUT2D eigenvalue weighted by Crippen LogP contribution is -2.62. The standard InChI is InChI=1S/C12H15N5O4S/c1-6(18)5-22-11-14-9-8(17(11)4-7(13)19)10(20)16(3)12(21)15(9)2/h8H,4-5H2,1-3H3,(H-,13,19)/p+1. The molecule has 0 spiro atoms. The highest BCUT2D eigenvalue weighted by Crippen LogP contribution is 2.22. The third-order valence-corrected chi connectivity index (χ3v) is 4.36. The number of aliphatic imine (C=N–C) groups is 1. The lowest BCUT2D eigenvalue weighted by molar-refractivity contribution is -0.521. The van der Waals surface area contributed by atoms with Crippen LogP contribution in [-0.2, 0) is 14.4 Å². The highest BCUT2D eigenvalue weighted by atomic mass is 32.2. The average Bonchev–Trinajstić information content (AvgIpc) is 2.78. The Balaban J connectivity index is 2.42. The van der Waals surface area contributed by atoms with Crippen LogP contribution in [0.3, 0.4) is 0 Å². The van der Waals surface area contributed by atoms with Crippen molar-refractivity contribution >= 4 is 46.4 Å². The number of carbonyl (C=O) groups excluding carboxylic acids is 4. The monoisotopic (exact) mass is 326 g/mol. The lowest BCUT2D eigenvalue weighted by atomic mass is 10.1. The molecular weight excluding hydrogens is 310 g/mol. The van der Waals surface area contributed by atoms with Gasteiger partial charge in [0.15, 0.2) is 6.54 Å². The number of amides is 4. The molecule has 2 heterocycles. The summed E-state index contributed by atoms with van der Waals surface area (Å²) in [4.78, 5) is 53.2. The molecule has 118 valence electrons.